The maximum atomic E-state index is 11.2. The summed E-state index contributed by atoms with van der Waals surface area (Å²) < 4.78 is 0. The molecule has 0 atom stereocenters. The van der Waals surface area contributed by atoms with Crippen molar-refractivity contribution in [3.63, 3.8) is 0 Å². The Kier molecular flexibility index (Phi) is 4.31. The molecule has 104 valence electrons. The number of hydrogen-bond donors (Lipinski definition) is 1. The Morgan fingerprint density at radius 2 is 1.78 bits per heavy atom. The van der Waals surface area contributed by atoms with Crippen LogP contribution in [0.25, 0.3) is 0 Å². The molecule has 2 aliphatic rings. The molecule has 0 aromatic carbocycles. The van der Waals surface area contributed by atoms with Crippen LogP contribution in [0.15, 0.2) is 0 Å². The summed E-state index contributed by atoms with van der Waals surface area (Å²) in [4.78, 5) is 13.8. The molecule has 2 fully saturated rings. The molecular formula is C15H28N2O. The summed E-state index contributed by atoms with van der Waals surface area (Å²) in [5.41, 5.74) is 5.96. The number of amides is 1. The number of nitrogens with two attached hydrogens (primary N) is 1. The fourth-order valence-electron chi connectivity index (χ4n) is 3.74. The molecule has 1 amide bonds. The number of piperidine rings is 1. The molecule has 3 nitrogen and oxygen atoms in total. The number of likely N-dealkylation sites (tertiary alicyclic amines) is 1. The highest BCUT2D eigenvalue weighted by atomic mass is 16.1. The van der Waals surface area contributed by atoms with E-state index in [1.807, 2.05) is 0 Å². The van der Waals surface area contributed by atoms with E-state index in [0.717, 1.165) is 18.8 Å². The van der Waals surface area contributed by atoms with Crippen LogP contribution in [0.4, 0.5) is 0 Å². The Hall–Kier alpha value is -0.570. The number of nitrogens with zero attached hydrogens (tertiary/aromatic N) is 1. The lowest BCUT2D eigenvalue weighted by Crippen LogP contribution is -2.44. The average Bonchev–Trinajstić information content (AvgIpc) is 2.32. The molecule has 2 rings (SSSR count). The molecular weight excluding hydrogens is 224 g/mol. The van der Waals surface area contributed by atoms with Crippen molar-refractivity contribution in [3.05, 3.63) is 0 Å². The first kappa shape index (κ1) is 13.9. The van der Waals surface area contributed by atoms with Gasteiger partial charge in [0, 0.05) is 12.5 Å². The second-order valence-electron chi connectivity index (χ2n) is 6.87. The van der Waals surface area contributed by atoms with Crippen LogP contribution in [-0.4, -0.2) is 30.4 Å². The van der Waals surface area contributed by atoms with Gasteiger partial charge in [0.15, 0.2) is 0 Å². The summed E-state index contributed by atoms with van der Waals surface area (Å²) in [6, 6.07) is 0. The minimum absolute atomic E-state index is 0.0814. The summed E-state index contributed by atoms with van der Waals surface area (Å²) in [6.45, 7) is 8.32. The number of primary amides is 1. The van der Waals surface area contributed by atoms with Gasteiger partial charge in [-0.25, -0.2) is 0 Å². The number of carbonyl (C=O) groups is 1. The molecule has 1 spiro atoms. The lowest BCUT2D eigenvalue weighted by Gasteiger charge is -2.46. The number of hydrogen-bond acceptors (Lipinski definition) is 2. The molecule has 18 heavy (non-hydrogen) atoms. The summed E-state index contributed by atoms with van der Waals surface area (Å²) in [5, 5.41) is 0. The Bertz CT molecular complexity index is 283. The van der Waals surface area contributed by atoms with Gasteiger partial charge in [0.1, 0.15) is 0 Å². The molecule has 0 radical (unpaired) electrons. The van der Waals surface area contributed by atoms with E-state index in [0.29, 0.717) is 5.41 Å². The first-order valence-corrected chi connectivity index (χ1v) is 7.52. The Morgan fingerprint density at radius 1 is 1.22 bits per heavy atom. The first-order valence-electron chi connectivity index (χ1n) is 7.52. The van der Waals surface area contributed by atoms with Crippen LogP contribution in [0.1, 0.15) is 52.4 Å². The second-order valence-corrected chi connectivity index (χ2v) is 6.87. The van der Waals surface area contributed by atoms with Crippen molar-refractivity contribution in [2.45, 2.75) is 52.4 Å². The monoisotopic (exact) mass is 252 g/mol. The SMILES string of the molecule is CC(C)CN1CCC2(CCC(C(N)=O)CC2)CC1. The van der Waals surface area contributed by atoms with Gasteiger partial charge in [-0.1, -0.05) is 13.8 Å². The zero-order valence-electron chi connectivity index (χ0n) is 12.0. The van der Waals surface area contributed by atoms with Crippen molar-refractivity contribution in [2.24, 2.45) is 23.0 Å². The van der Waals surface area contributed by atoms with Crippen molar-refractivity contribution < 1.29 is 4.79 Å². The maximum Gasteiger partial charge on any atom is 0.220 e. The normalized spacial score (nSPS) is 25.7. The Morgan fingerprint density at radius 3 is 2.22 bits per heavy atom. The largest absolute Gasteiger partial charge is 0.369 e. The maximum absolute atomic E-state index is 11.2. The first-order chi connectivity index (χ1) is 8.51. The Balaban J connectivity index is 1.81. The lowest BCUT2D eigenvalue weighted by molar-refractivity contribution is -0.123. The van der Waals surface area contributed by atoms with E-state index < -0.39 is 0 Å². The molecule has 3 heteroatoms. The third kappa shape index (κ3) is 3.25. The van der Waals surface area contributed by atoms with E-state index in [1.54, 1.807) is 0 Å². The summed E-state index contributed by atoms with van der Waals surface area (Å²) >= 11 is 0. The van der Waals surface area contributed by atoms with Gasteiger partial charge in [0.05, 0.1) is 0 Å². The van der Waals surface area contributed by atoms with Crippen LogP contribution in [0.5, 0.6) is 0 Å². The molecule has 0 bridgehead atoms. The third-order valence-corrected chi connectivity index (χ3v) is 4.99. The minimum atomic E-state index is -0.0814. The van der Waals surface area contributed by atoms with E-state index >= 15 is 0 Å². The van der Waals surface area contributed by atoms with Crippen LogP contribution in [0, 0.1) is 17.3 Å². The lowest BCUT2D eigenvalue weighted by atomic mass is 9.65. The quantitative estimate of drug-likeness (QED) is 0.838. The summed E-state index contributed by atoms with van der Waals surface area (Å²) in [5.74, 6) is 0.844. The summed E-state index contributed by atoms with van der Waals surface area (Å²) in [7, 11) is 0. The van der Waals surface area contributed by atoms with E-state index in [4.69, 9.17) is 5.73 Å². The average molecular weight is 252 g/mol. The van der Waals surface area contributed by atoms with Gasteiger partial charge in [-0.2, -0.15) is 0 Å². The molecule has 0 aromatic rings. The van der Waals surface area contributed by atoms with Gasteiger partial charge in [-0.15, -0.1) is 0 Å². The van der Waals surface area contributed by atoms with Crippen molar-refractivity contribution in [3.8, 4) is 0 Å². The molecule has 0 unspecified atom stereocenters. The van der Waals surface area contributed by atoms with E-state index in [1.165, 1.54) is 45.3 Å². The van der Waals surface area contributed by atoms with Crippen LogP contribution >= 0.6 is 0 Å². The highest BCUT2D eigenvalue weighted by molar-refractivity contribution is 5.76. The van der Waals surface area contributed by atoms with Crippen LogP contribution < -0.4 is 5.73 Å². The molecule has 1 heterocycles. The zero-order chi connectivity index (χ0) is 13.2. The molecule has 0 aromatic heterocycles. The molecule has 2 N–H and O–H groups in total. The smallest absolute Gasteiger partial charge is 0.220 e. The predicted octanol–water partition coefficient (Wildman–Crippen LogP) is 2.40. The van der Waals surface area contributed by atoms with E-state index in [2.05, 4.69) is 18.7 Å². The highest BCUT2D eigenvalue weighted by Gasteiger charge is 2.39. The van der Waals surface area contributed by atoms with Gasteiger partial charge < -0.3 is 10.6 Å². The second kappa shape index (κ2) is 5.60. The molecule has 1 aliphatic heterocycles. The van der Waals surface area contributed by atoms with Crippen LogP contribution in [0.2, 0.25) is 0 Å². The van der Waals surface area contributed by atoms with Gasteiger partial charge in [0.25, 0.3) is 0 Å². The van der Waals surface area contributed by atoms with Crippen LogP contribution in [0.3, 0.4) is 0 Å². The van der Waals surface area contributed by atoms with Crippen LogP contribution in [-0.2, 0) is 4.79 Å². The topological polar surface area (TPSA) is 46.3 Å². The van der Waals surface area contributed by atoms with Gasteiger partial charge in [-0.05, 0) is 62.9 Å². The third-order valence-electron chi connectivity index (χ3n) is 4.99. The fraction of sp³-hybridized carbons (Fsp3) is 0.933. The van der Waals surface area contributed by atoms with Gasteiger partial charge >= 0.3 is 0 Å². The molecule has 1 aliphatic carbocycles. The summed E-state index contributed by atoms with van der Waals surface area (Å²) in [6.07, 6.45) is 7.14. The number of rotatable bonds is 3. The predicted molar refractivity (Wildman–Crippen MR) is 74.1 cm³/mol. The highest BCUT2D eigenvalue weighted by Crippen LogP contribution is 2.46. The fourth-order valence-corrected chi connectivity index (χ4v) is 3.74. The van der Waals surface area contributed by atoms with Crippen molar-refractivity contribution >= 4 is 5.91 Å². The Labute approximate surface area is 111 Å². The van der Waals surface area contributed by atoms with E-state index in [9.17, 15) is 4.79 Å². The number of carbonyl (C=O) groups excluding carboxylic acids is 1. The van der Waals surface area contributed by atoms with Gasteiger partial charge in [0.2, 0.25) is 5.91 Å². The molecule has 1 saturated heterocycles. The van der Waals surface area contributed by atoms with Gasteiger partial charge in [-0.3, -0.25) is 4.79 Å². The van der Waals surface area contributed by atoms with E-state index in [-0.39, 0.29) is 11.8 Å². The zero-order valence-corrected chi connectivity index (χ0v) is 12.0. The van der Waals surface area contributed by atoms with Crippen molar-refractivity contribution in [1.29, 1.82) is 0 Å². The van der Waals surface area contributed by atoms with Crippen molar-refractivity contribution in [1.82, 2.24) is 4.90 Å². The standard InChI is InChI=1S/C15H28N2O/c1-12(2)11-17-9-7-15(8-10-17)5-3-13(4-6-15)14(16)18/h12-13H,3-11H2,1-2H3,(H2,16,18). The minimum Gasteiger partial charge on any atom is -0.369 e. The van der Waals surface area contributed by atoms with Crippen molar-refractivity contribution in [2.75, 3.05) is 19.6 Å². The molecule has 1 saturated carbocycles.